The van der Waals surface area contributed by atoms with Gasteiger partial charge in [0.2, 0.25) is 5.91 Å². The van der Waals surface area contributed by atoms with Crippen LogP contribution in [0, 0.1) is 0 Å². The Morgan fingerprint density at radius 3 is 1.45 bits per heavy atom. The highest BCUT2D eigenvalue weighted by atomic mass is 31.2. The molecule has 0 aromatic carbocycles. The number of hydrogen-bond acceptors (Lipinski definition) is 7. The van der Waals surface area contributed by atoms with Crippen molar-refractivity contribution in [2.75, 3.05) is 40.9 Å². The maximum absolute atomic E-state index is 13.4. The van der Waals surface area contributed by atoms with Crippen molar-refractivity contribution in [1.29, 1.82) is 0 Å². The average molecular weight is 949 g/mol. The molecule has 0 aromatic rings. The van der Waals surface area contributed by atoms with E-state index in [1.54, 1.807) is 0 Å². The zero-order chi connectivity index (χ0) is 48.7. The van der Waals surface area contributed by atoms with Crippen molar-refractivity contribution in [1.82, 2.24) is 5.32 Å². The topological polar surface area (TPSA) is 114 Å². The standard InChI is InChI=1S/C56H105N2O7P/c1-7-10-13-16-19-22-25-27-29-31-34-37-40-43-46-49-56(60)65-54(47-44-41-38-35-32-24-21-18-15-12-9-3)53(52-64-66(61,62)63-51-50-58(4,5)6)57-55(59)48-45-42-39-36-33-30-28-26-23-20-17-14-11-8-2/h11,14,20,23,28,30,44,47,53-54H,7-10,12-13,15-19,21-22,24-27,29,31-43,45-46,48-52H2,1-6H3,(H-,57,59,61,62)/b14-11+,23-20+,30-28+,47-44+. The molecule has 0 rings (SSSR count). The fourth-order valence-corrected chi connectivity index (χ4v) is 8.49. The number of amides is 1. The minimum atomic E-state index is -4.69. The third-order valence-electron chi connectivity index (χ3n) is 12.0. The van der Waals surface area contributed by atoms with E-state index in [4.69, 9.17) is 13.8 Å². The highest BCUT2D eigenvalue weighted by molar-refractivity contribution is 7.45. The van der Waals surface area contributed by atoms with Crippen LogP contribution in [0.5, 0.6) is 0 Å². The number of carbonyl (C=O) groups excluding carboxylic acids is 2. The first-order chi connectivity index (χ1) is 31.9. The molecular formula is C56H105N2O7P. The quantitative estimate of drug-likeness (QED) is 0.0212. The summed E-state index contributed by atoms with van der Waals surface area (Å²) >= 11 is 0. The number of nitrogens with zero attached hydrogens (tertiary/aromatic N) is 1. The molecule has 0 heterocycles. The number of nitrogens with one attached hydrogen (secondary N) is 1. The molecule has 0 bridgehead atoms. The number of ether oxygens (including phenoxy) is 1. The minimum absolute atomic E-state index is 0.0264. The van der Waals surface area contributed by atoms with Crippen molar-refractivity contribution in [3.8, 4) is 0 Å². The molecule has 10 heteroatoms. The molecule has 0 aliphatic heterocycles. The highest BCUT2D eigenvalue weighted by Gasteiger charge is 2.27. The Balaban J connectivity index is 5.38. The normalized spacial score (nSPS) is 14.2. The van der Waals surface area contributed by atoms with Crippen LogP contribution in [0.1, 0.15) is 245 Å². The van der Waals surface area contributed by atoms with Crippen LogP contribution in [0.25, 0.3) is 0 Å². The molecule has 0 fully saturated rings. The van der Waals surface area contributed by atoms with E-state index in [9.17, 15) is 19.0 Å². The molecule has 1 amide bonds. The fraction of sp³-hybridized carbons (Fsp3) is 0.821. The van der Waals surface area contributed by atoms with Gasteiger partial charge in [-0.05, 0) is 63.9 Å². The summed E-state index contributed by atoms with van der Waals surface area (Å²) in [5.41, 5.74) is 0. The summed E-state index contributed by atoms with van der Waals surface area (Å²) in [4.78, 5) is 39.7. The minimum Gasteiger partial charge on any atom is -0.756 e. The Morgan fingerprint density at radius 1 is 0.545 bits per heavy atom. The maximum Gasteiger partial charge on any atom is 0.306 e. The number of quaternary nitrogens is 1. The van der Waals surface area contributed by atoms with Gasteiger partial charge in [-0.1, -0.05) is 217 Å². The van der Waals surface area contributed by atoms with Gasteiger partial charge in [0.1, 0.15) is 19.3 Å². The maximum atomic E-state index is 13.4. The molecular weight excluding hydrogens is 844 g/mol. The first kappa shape index (κ1) is 64.0. The SMILES string of the molecule is CC/C=C/C/C=C/C/C=C/CCCCCCC(=O)NC(COP(=O)([O-])OCC[N+](C)(C)C)C(/C=C/CCCCCCCCCCC)OC(=O)CCCCCCCCCCCCCCCCC. The zero-order valence-electron chi connectivity index (χ0n) is 43.9. The largest absolute Gasteiger partial charge is 0.756 e. The average Bonchev–Trinajstić information content (AvgIpc) is 3.27. The number of phosphoric acid groups is 1. The van der Waals surface area contributed by atoms with Gasteiger partial charge >= 0.3 is 5.97 Å². The van der Waals surface area contributed by atoms with Crippen LogP contribution in [-0.2, 0) is 27.9 Å². The lowest BCUT2D eigenvalue weighted by molar-refractivity contribution is -0.870. The molecule has 3 unspecified atom stereocenters. The van der Waals surface area contributed by atoms with E-state index in [2.05, 4.69) is 62.5 Å². The van der Waals surface area contributed by atoms with Crippen molar-refractivity contribution in [2.24, 2.45) is 0 Å². The lowest BCUT2D eigenvalue weighted by Crippen LogP contribution is -2.47. The summed E-state index contributed by atoms with van der Waals surface area (Å²) in [7, 11) is 1.17. The van der Waals surface area contributed by atoms with E-state index in [0.717, 1.165) is 83.5 Å². The second-order valence-electron chi connectivity index (χ2n) is 19.7. The van der Waals surface area contributed by atoms with Gasteiger partial charge in [-0.2, -0.15) is 0 Å². The Hall–Kier alpha value is -2.03. The van der Waals surface area contributed by atoms with E-state index < -0.39 is 26.6 Å². The molecule has 66 heavy (non-hydrogen) atoms. The number of phosphoric ester groups is 1. The highest BCUT2D eigenvalue weighted by Crippen LogP contribution is 2.38. The van der Waals surface area contributed by atoms with Crippen molar-refractivity contribution in [3.05, 3.63) is 48.6 Å². The van der Waals surface area contributed by atoms with Gasteiger partial charge in [0, 0.05) is 12.8 Å². The number of hydrogen-bond donors (Lipinski definition) is 1. The number of esters is 1. The van der Waals surface area contributed by atoms with Crippen molar-refractivity contribution in [3.63, 3.8) is 0 Å². The molecule has 386 valence electrons. The van der Waals surface area contributed by atoms with Crippen molar-refractivity contribution in [2.45, 2.75) is 258 Å². The van der Waals surface area contributed by atoms with Gasteiger partial charge in [0.25, 0.3) is 7.82 Å². The van der Waals surface area contributed by atoms with Gasteiger partial charge in [-0.3, -0.25) is 14.2 Å². The lowest BCUT2D eigenvalue weighted by Gasteiger charge is -2.30. The van der Waals surface area contributed by atoms with E-state index in [-0.39, 0.29) is 24.9 Å². The smallest absolute Gasteiger partial charge is 0.306 e. The summed E-state index contributed by atoms with van der Waals surface area (Å²) in [6, 6.07) is -0.895. The van der Waals surface area contributed by atoms with Crippen LogP contribution in [-0.4, -0.2) is 69.4 Å². The molecule has 0 aliphatic rings. The number of allylic oxidation sites excluding steroid dienone is 7. The fourth-order valence-electron chi connectivity index (χ4n) is 7.77. The first-order valence-electron chi connectivity index (χ1n) is 27.4. The van der Waals surface area contributed by atoms with Gasteiger partial charge in [0.15, 0.2) is 0 Å². The van der Waals surface area contributed by atoms with Crippen LogP contribution in [0.3, 0.4) is 0 Å². The second-order valence-corrected chi connectivity index (χ2v) is 21.1. The molecule has 0 spiro atoms. The summed E-state index contributed by atoms with van der Waals surface area (Å²) in [6.45, 7) is 6.70. The molecule has 9 nitrogen and oxygen atoms in total. The molecule has 1 N–H and O–H groups in total. The van der Waals surface area contributed by atoms with Gasteiger partial charge in [-0.25, -0.2) is 0 Å². The third-order valence-corrected chi connectivity index (χ3v) is 13.0. The predicted octanol–water partition coefficient (Wildman–Crippen LogP) is 15.5. The van der Waals surface area contributed by atoms with Crippen molar-refractivity contribution < 1.29 is 37.3 Å². The van der Waals surface area contributed by atoms with E-state index in [1.807, 2.05) is 33.3 Å². The molecule has 0 radical (unpaired) electrons. The van der Waals surface area contributed by atoms with E-state index in [0.29, 0.717) is 23.9 Å². The van der Waals surface area contributed by atoms with Crippen LogP contribution < -0.4 is 10.2 Å². The van der Waals surface area contributed by atoms with Crippen LogP contribution >= 0.6 is 7.82 Å². The Labute approximate surface area is 408 Å². The summed E-state index contributed by atoms with van der Waals surface area (Å²) in [5, 5.41) is 3.00. The summed E-state index contributed by atoms with van der Waals surface area (Å²) < 4.78 is 30.1. The van der Waals surface area contributed by atoms with Crippen molar-refractivity contribution >= 4 is 19.7 Å². The van der Waals surface area contributed by atoms with E-state index in [1.165, 1.54) is 122 Å². The van der Waals surface area contributed by atoms with Crippen LogP contribution in [0.4, 0.5) is 0 Å². The molecule has 0 aliphatic carbocycles. The molecule has 0 saturated heterocycles. The van der Waals surface area contributed by atoms with Gasteiger partial charge in [-0.15, -0.1) is 0 Å². The third kappa shape index (κ3) is 47.1. The predicted molar refractivity (Wildman–Crippen MR) is 279 cm³/mol. The van der Waals surface area contributed by atoms with Gasteiger partial charge in [0.05, 0.1) is 33.8 Å². The number of likely N-dealkylation sites (N-methyl/N-ethyl adjacent to an activating group) is 1. The molecule has 0 saturated carbocycles. The molecule has 3 atom stereocenters. The monoisotopic (exact) mass is 949 g/mol. The first-order valence-corrected chi connectivity index (χ1v) is 28.9. The van der Waals surface area contributed by atoms with Crippen LogP contribution in [0.2, 0.25) is 0 Å². The number of unbranched alkanes of at least 4 members (excludes halogenated alkanes) is 27. The molecule has 0 aromatic heterocycles. The summed E-state index contributed by atoms with van der Waals surface area (Å²) in [5.74, 6) is -0.563. The number of rotatable bonds is 49. The van der Waals surface area contributed by atoms with Gasteiger partial charge < -0.3 is 28.5 Å². The Morgan fingerprint density at radius 2 is 0.970 bits per heavy atom. The lowest BCUT2D eigenvalue weighted by atomic mass is 10.0. The zero-order valence-corrected chi connectivity index (χ0v) is 44.8. The Kier molecular flexibility index (Phi) is 45.3. The Bertz CT molecular complexity index is 1280. The van der Waals surface area contributed by atoms with E-state index >= 15 is 0 Å². The van der Waals surface area contributed by atoms with Crippen LogP contribution in [0.15, 0.2) is 48.6 Å². The summed E-state index contributed by atoms with van der Waals surface area (Å²) in [6.07, 6.45) is 55.0. The number of carbonyl (C=O) groups is 2. The second kappa shape index (κ2) is 46.7.